The average molecular weight is 334 g/mol. The minimum absolute atomic E-state index is 0.284. The number of aromatic nitrogens is 3. The van der Waals surface area contributed by atoms with Crippen LogP contribution in [0.25, 0.3) is 16.6 Å². The number of oxazole rings is 1. The molecule has 7 nitrogen and oxygen atoms in total. The lowest BCUT2D eigenvalue weighted by molar-refractivity contribution is 0.102. The number of pyridine rings is 1. The van der Waals surface area contributed by atoms with E-state index in [-0.39, 0.29) is 5.91 Å². The molecule has 3 aromatic heterocycles. The lowest BCUT2D eigenvalue weighted by atomic mass is 10.2. The Morgan fingerprint density at radius 3 is 3.00 bits per heavy atom. The first-order valence-corrected chi connectivity index (χ1v) is 8.10. The predicted octanol–water partition coefficient (Wildman–Crippen LogP) is 2.90. The van der Waals surface area contributed by atoms with Gasteiger partial charge in [-0.3, -0.25) is 9.78 Å². The predicted molar refractivity (Wildman–Crippen MR) is 92.0 cm³/mol. The van der Waals surface area contributed by atoms with Gasteiger partial charge in [0, 0.05) is 23.9 Å². The van der Waals surface area contributed by atoms with Gasteiger partial charge in [0.05, 0.1) is 11.0 Å². The maximum Gasteiger partial charge on any atom is 0.417 e. The molecule has 1 aliphatic rings. The number of nitrogens with zero attached hydrogens (tertiary/aromatic N) is 2. The molecule has 1 aliphatic carbocycles. The molecule has 0 radical (unpaired) electrons. The van der Waals surface area contributed by atoms with E-state index >= 15 is 0 Å². The number of anilines is 1. The van der Waals surface area contributed by atoms with Crippen molar-refractivity contribution in [3.63, 3.8) is 0 Å². The SMILES string of the molecule is O=C(Nc1ccc2[nH]c(=O)oc2c1)c1nc(C2CC2)n2ccccc12. The van der Waals surface area contributed by atoms with Crippen LogP contribution in [-0.2, 0) is 0 Å². The number of nitrogens with one attached hydrogen (secondary N) is 2. The summed E-state index contributed by atoms with van der Waals surface area (Å²) in [6.45, 7) is 0. The summed E-state index contributed by atoms with van der Waals surface area (Å²) < 4.78 is 7.01. The molecule has 4 aromatic rings. The second kappa shape index (κ2) is 5.07. The molecule has 0 unspecified atom stereocenters. The molecular formula is C18H14N4O3. The van der Waals surface area contributed by atoms with Crippen molar-refractivity contribution in [2.45, 2.75) is 18.8 Å². The number of carbonyl (C=O) groups excluding carboxylic acids is 1. The third kappa shape index (κ3) is 2.32. The van der Waals surface area contributed by atoms with Gasteiger partial charge in [-0.15, -0.1) is 0 Å². The fraction of sp³-hybridized carbons (Fsp3) is 0.167. The van der Waals surface area contributed by atoms with Gasteiger partial charge in [0.15, 0.2) is 11.3 Å². The van der Waals surface area contributed by atoms with E-state index in [9.17, 15) is 9.59 Å². The standard InChI is InChI=1S/C18H14N4O3/c23-17(19-11-6-7-12-14(9-11)25-18(24)20-12)15-13-3-1-2-8-22(13)16(21-15)10-4-5-10/h1-3,6-10H,4-5H2,(H,19,23)(H,20,24). The van der Waals surface area contributed by atoms with Crippen LogP contribution in [0.3, 0.4) is 0 Å². The summed E-state index contributed by atoms with van der Waals surface area (Å²) >= 11 is 0. The van der Waals surface area contributed by atoms with Gasteiger partial charge in [-0.2, -0.15) is 0 Å². The third-order valence-electron chi connectivity index (χ3n) is 4.41. The molecule has 5 rings (SSSR count). The van der Waals surface area contributed by atoms with Crippen molar-refractivity contribution in [1.82, 2.24) is 14.4 Å². The summed E-state index contributed by atoms with van der Waals surface area (Å²) in [4.78, 5) is 31.1. The Hall–Kier alpha value is -3.35. The maximum atomic E-state index is 12.7. The Bertz CT molecular complexity index is 1180. The first kappa shape index (κ1) is 14.0. The molecule has 0 spiro atoms. The number of amides is 1. The Balaban J connectivity index is 1.53. The normalized spacial score (nSPS) is 14.2. The van der Waals surface area contributed by atoms with Crippen molar-refractivity contribution in [3.05, 3.63) is 64.7 Å². The Kier molecular flexibility index (Phi) is 2.85. The second-order valence-corrected chi connectivity index (χ2v) is 6.23. The molecule has 2 N–H and O–H groups in total. The van der Waals surface area contributed by atoms with Gasteiger partial charge in [-0.05, 0) is 37.1 Å². The summed E-state index contributed by atoms with van der Waals surface area (Å²) in [6, 6.07) is 10.7. The first-order chi connectivity index (χ1) is 12.2. The number of benzene rings is 1. The molecule has 1 fully saturated rings. The summed E-state index contributed by atoms with van der Waals surface area (Å²) in [5.74, 6) is 0.565. The largest absolute Gasteiger partial charge is 0.417 e. The summed E-state index contributed by atoms with van der Waals surface area (Å²) in [5.41, 5.74) is 2.72. The molecule has 0 bridgehead atoms. The zero-order valence-corrected chi connectivity index (χ0v) is 13.2. The minimum atomic E-state index is -0.521. The highest BCUT2D eigenvalue weighted by Gasteiger charge is 2.30. The fourth-order valence-electron chi connectivity index (χ4n) is 3.07. The lowest BCUT2D eigenvalue weighted by Gasteiger charge is -2.03. The third-order valence-corrected chi connectivity index (χ3v) is 4.41. The van der Waals surface area contributed by atoms with E-state index in [1.807, 2.05) is 28.8 Å². The van der Waals surface area contributed by atoms with E-state index in [0.29, 0.717) is 28.4 Å². The van der Waals surface area contributed by atoms with Crippen molar-refractivity contribution < 1.29 is 9.21 Å². The molecule has 1 aromatic carbocycles. The van der Waals surface area contributed by atoms with Crippen molar-refractivity contribution in [2.24, 2.45) is 0 Å². The van der Waals surface area contributed by atoms with E-state index in [1.165, 1.54) is 0 Å². The molecule has 7 heteroatoms. The maximum absolute atomic E-state index is 12.7. The zero-order valence-electron chi connectivity index (χ0n) is 13.2. The van der Waals surface area contributed by atoms with Crippen LogP contribution in [0.15, 0.2) is 51.8 Å². The molecule has 0 saturated heterocycles. The van der Waals surface area contributed by atoms with E-state index in [0.717, 1.165) is 24.2 Å². The minimum Gasteiger partial charge on any atom is -0.408 e. The van der Waals surface area contributed by atoms with Crippen molar-refractivity contribution in [2.75, 3.05) is 5.32 Å². The van der Waals surface area contributed by atoms with Crippen LogP contribution in [0.1, 0.15) is 35.1 Å². The summed E-state index contributed by atoms with van der Waals surface area (Å²) in [7, 11) is 0. The molecular weight excluding hydrogens is 320 g/mol. The number of H-pyrrole nitrogens is 1. The Labute approximate surface area is 141 Å². The lowest BCUT2D eigenvalue weighted by Crippen LogP contribution is -2.12. The number of hydrogen-bond donors (Lipinski definition) is 2. The van der Waals surface area contributed by atoms with E-state index in [1.54, 1.807) is 18.2 Å². The topological polar surface area (TPSA) is 92.4 Å². The smallest absolute Gasteiger partial charge is 0.408 e. The van der Waals surface area contributed by atoms with E-state index in [2.05, 4.69) is 15.3 Å². The highest BCUT2D eigenvalue weighted by molar-refractivity contribution is 6.08. The molecule has 124 valence electrons. The van der Waals surface area contributed by atoms with Crippen LogP contribution in [0.5, 0.6) is 0 Å². The van der Waals surface area contributed by atoms with Gasteiger partial charge in [-0.1, -0.05) is 6.07 Å². The molecule has 1 saturated carbocycles. The number of hydrogen-bond acceptors (Lipinski definition) is 4. The van der Waals surface area contributed by atoms with Crippen LogP contribution >= 0.6 is 0 Å². The number of carbonyl (C=O) groups is 1. The monoisotopic (exact) mass is 334 g/mol. The van der Waals surface area contributed by atoms with Crippen molar-refractivity contribution in [3.8, 4) is 0 Å². The van der Waals surface area contributed by atoms with E-state index < -0.39 is 5.76 Å². The number of rotatable bonds is 3. The summed E-state index contributed by atoms with van der Waals surface area (Å²) in [5, 5.41) is 2.83. The quantitative estimate of drug-likeness (QED) is 0.602. The molecule has 1 amide bonds. The van der Waals surface area contributed by atoms with Crippen LogP contribution in [0, 0.1) is 0 Å². The summed E-state index contributed by atoms with van der Waals surface area (Å²) in [6.07, 6.45) is 4.16. The van der Waals surface area contributed by atoms with Gasteiger partial charge in [0.2, 0.25) is 0 Å². The van der Waals surface area contributed by atoms with Gasteiger partial charge >= 0.3 is 5.76 Å². The zero-order chi connectivity index (χ0) is 17.0. The number of aromatic amines is 1. The molecule has 25 heavy (non-hydrogen) atoms. The Morgan fingerprint density at radius 1 is 1.28 bits per heavy atom. The number of imidazole rings is 1. The second-order valence-electron chi connectivity index (χ2n) is 6.23. The van der Waals surface area contributed by atoms with Crippen LogP contribution < -0.4 is 11.1 Å². The van der Waals surface area contributed by atoms with Gasteiger partial charge in [-0.25, -0.2) is 9.78 Å². The number of fused-ring (bicyclic) bond motifs is 2. The Morgan fingerprint density at radius 2 is 2.16 bits per heavy atom. The van der Waals surface area contributed by atoms with Crippen molar-refractivity contribution in [1.29, 1.82) is 0 Å². The average Bonchev–Trinajstić information content (AvgIpc) is 3.27. The van der Waals surface area contributed by atoms with Gasteiger partial charge in [0.1, 0.15) is 5.82 Å². The van der Waals surface area contributed by atoms with Crippen LogP contribution in [0.2, 0.25) is 0 Å². The molecule has 0 atom stereocenters. The van der Waals surface area contributed by atoms with Crippen LogP contribution in [-0.4, -0.2) is 20.3 Å². The molecule has 0 aliphatic heterocycles. The van der Waals surface area contributed by atoms with E-state index in [4.69, 9.17) is 4.42 Å². The van der Waals surface area contributed by atoms with Crippen molar-refractivity contribution >= 4 is 28.2 Å². The highest BCUT2D eigenvalue weighted by atomic mass is 16.4. The highest BCUT2D eigenvalue weighted by Crippen LogP contribution is 2.40. The van der Waals surface area contributed by atoms with Crippen LogP contribution in [0.4, 0.5) is 5.69 Å². The van der Waals surface area contributed by atoms with Gasteiger partial charge in [0.25, 0.3) is 5.91 Å². The first-order valence-electron chi connectivity index (χ1n) is 8.10. The molecule has 3 heterocycles. The van der Waals surface area contributed by atoms with Gasteiger partial charge < -0.3 is 14.1 Å². The fourth-order valence-corrected chi connectivity index (χ4v) is 3.07.